The molecule has 1 aromatic rings. The predicted octanol–water partition coefficient (Wildman–Crippen LogP) is 2.66. The van der Waals surface area contributed by atoms with Crippen LogP contribution in [0, 0.1) is 5.92 Å². The second kappa shape index (κ2) is 7.49. The summed E-state index contributed by atoms with van der Waals surface area (Å²) in [6.45, 7) is 0.675. The van der Waals surface area contributed by atoms with E-state index in [4.69, 9.17) is 21.1 Å². The lowest BCUT2D eigenvalue weighted by molar-refractivity contribution is -0.153. The zero-order valence-electron chi connectivity index (χ0n) is 12.8. The number of ether oxygens (including phenoxy) is 2. The van der Waals surface area contributed by atoms with Crippen molar-refractivity contribution >= 4 is 29.2 Å². The van der Waals surface area contributed by atoms with E-state index in [9.17, 15) is 9.59 Å². The van der Waals surface area contributed by atoms with Crippen LogP contribution < -0.4 is 4.90 Å². The van der Waals surface area contributed by atoms with Gasteiger partial charge in [-0.05, 0) is 37.1 Å². The first-order valence-corrected chi connectivity index (χ1v) is 7.64. The summed E-state index contributed by atoms with van der Waals surface area (Å²) < 4.78 is 9.81. The average molecular weight is 326 g/mol. The second-order valence-corrected chi connectivity index (χ2v) is 5.70. The molecular weight excluding hydrogens is 306 g/mol. The molecule has 0 aliphatic carbocycles. The van der Waals surface area contributed by atoms with E-state index < -0.39 is 17.9 Å². The molecule has 0 amide bonds. The van der Waals surface area contributed by atoms with Crippen LogP contribution in [0.15, 0.2) is 24.3 Å². The van der Waals surface area contributed by atoms with E-state index in [1.165, 1.54) is 14.2 Å². The molecule has 2 unspecified atom stereocenters. The lowest BCUT2D eigenvalue weighted by Crippen LogP contribution is -2.49. The molecular formula is C16H20ClNO4. The van der Waals surface area contributed by atoms with Crippen LogP contribution in [0.2, 0.25) is 5.02 Å². The number of nitrogens with zero attached hydrogens (tertiary/aromatic N) is 1. The van der Waals surface area contributed by atoms with Crippen molar-refractivity contribution in [3.63, 3.8) is 0 Å². The summed E-state index contributed by atoms with van der Waals surface area (Å²) in [5.74, 6) is -1.33. The zero-order chi connectivity index (χ0) is 16.1. The van der Waals surface area contributed by atoms with E-state index in [0.29, 0.717) is 18.0 Å². The number of methoxy groups -OCH3 is 2. The van der Waals surface area contributed by atoms with Gasteiger partial charge >= 0.3 is 11.9 Å². The molecule has 0 N–H and O–H groups in total. The van der Waals surface area contributed by atoms with Crippen molar-refractivity contribution in [2.24, 2.45) is 5.92 Å². The van der Waals surface area contributed by atoms with Crippen LogP contribution in [-0.2, 0) is 19.1 Å². The molecule has 1 heterocycles. The van der Waals surface area contributed by atoms with Gasteiger partial charge in [0.25, 0.3) is 0 Å². The Bertz CT molecular complexity index is 531. The van der Waals surface area contributed by atoms with Crippen LogP contribution >= 0.6 is 11.6 Å². The minimum absolute atomic E-state index is 0.378. The molecule has 0 spiro atoms. The number of hydrogen-bond acceptors (Lipinski definition) is 5. The molecule has 1 saturated heterocycles. The Morgan fingerprint density at radius 3 is 2.32 bits per heavy atom. The van der Waals surface area contributed by atoms with Crippen molar-refractivity contribution < 1.29 is 19.1 Å². The highest BCUT2D eigenvalue weighted by Gasteiger charge is 2.41. The molecule has 2 atom stereocenters. The molecule has 2 rings (SSSR count). The van der Waals surface area contributed by atoms with Crippen LogP contribution in [0.1, 0.15) is 19.3 Å². The first kappa shape index (κ1) is 16.6. The summed E-state index contributed by atoms with van der Waals surface area (Å²) >= 11 is 5.93. The third-order valence-electron chi connectivity index (χ3n) is 3.99. The Labute approximate surface area is 135 Å². The minimum Gasteiger partial charge on any atom is -0.469 e. The smallest absolute Gasteiger partial charge is 0.329 e. The monoisotopic (exact) mass is 325 g/mol. The molecule has 22 heavy (non-hydrogen) atoms. The molecule has 0 saturated carbocycles. The Balaban J connectivity index is 2.40. The van der Waals surface area contributed by atoms with E-state index in [1.807, 2.05) is 17.0 Å². The van der Waals surface area contributed by atoms with E-state index in [0.717, 1.165) is 18.5 Å². The molecule has 5 nitrogen and oxygen atoms in total. The number of anilines is 1. The summed E-state index contributed by atoms with van der Waals surface area (Å²) in [4.78, 5) is 26.3. The Morgan fingerprint density at radius 2 is 1.73 bits per heavy atom. The quantitative estimate of drug-likeness (QED) is 0.800. The third kappa shape index (κ3) is 3.53. The largest absolute Gasteiger partial charge is 0.469 e. The standard InChI is InChI=1S/C16H20ClNO4/c1-21-15(19)13-5-3-4-10-18(14(13)16(20)22-2)12-8-6-11(17)7-9-12/h6-9,13-14H,3-5,10H2,1-2H3. The van der Waals surface area contributed by atoms with Gasteiger partial charge in [-0.25, -0.2) is 4.79 Å². The molecule has 1 aliphatic rings. The van der Waals surface area contributed by atoms with E-state index in [1.54, 1.807) is 12.1 Å². The van der Waals surface area contributed by atoms with Crippen LogP contribution in [0.4, 0.5) is 5.69 Å². The van der Waals surface area contributed by atoms with Gasteiger partial charge in [0.05, 0.1) is 20.1 Å². The first-order chi connectivity index (χ1) is 10.6. The number of benzene rings is 1. The van der Waals surface area contributed by atoms with Crippen molar-refractivity contribution in [3.8, 4) is 0 Å². The van der Waals surface area contributed by atoms with Gasteiger partial charge in [-0.3, -0.25) is 4.79 Å². The van der Waals surface area contributed by atoms with Crippen molar-refractivity contribution in [2.45, 2.75) is 25.3 Å². The fraction of sp³-hybridized carbons (Fsp3) is 0.500. The molecule has 1 fully saturated rings. The van der Waals surface area contributed by atoms with Gasteiger partial charge < -0.3 is 14.4 Å². The Morgan fingerprint density at radius 1 is 1.09 bits per heavy atom. The highest BCUT2D eigenvalue weighted by molar-refractivity contribution is 6.30. The van der Waals surface area contributed by atoms with Gasteiger partial charge in [-0.1, -0.05) is 18.0 Å². The Hall–Kier alpha value is -1.75. The SMILES string of the molecule is COC(=O)C1CCCCN(c2ccc(Cl)cc2)C1C(=O)OC. The normalized spacial score (nSPS) is 21.9. The number of carbonyl (C=O) groups is 2. The van der Waals surface area contributed by atoms with E-state index in [2.05, 4.69) is 0 Å². The van der Waals surface area contributed by atoms with Crippen LogP contribution in [0.3, 0.4) is 0 Å². The summed E-state index contributed by atoms with van der Waals surface area (Å²) in [6.07, 6.45) is 2.36. The lowest BCUT2D eigenvalue weighted by atomic mass is 9.94. The Kier molecular flexibility index (Phi) is 5.66. The number of hydrogen-bond donors (Lipinski definition) is 0. The van der Waals surface area contributed by atoms with Crippen LogP contribution in [0.25, 0.3) is 0 Å². The first-order valence-electron chi connectivity index (χ1n) is 7.26. The molecule has 0 radical (unpaired) electrons. The average Bonchev–Trinajstić information content (AvgIpc) is 2.77. The number of halogens is 1. The minimum atomic E-state index is -0.680. The number of carbonyl (C=O) groups excluding carboxylic acids is 2. The second-order valence-electron chi connectivity index (χ2n) is 5.26. The zero-order valence-corrected chi connectivity index (χ0v) is 13.5. The van der Waals surface area contributed by atoms with Gasteiger partial charge in [0.15, 0.2) is 0 Å². The summed E-state index contributed by atoms with van der Waals surface area (Å²) in [5.41, 5.74) is 0.843. The van der Waals surface area contributed by atoms with Gasteiger partial charge in [0.2, 0.25) is 0 Å². The molecule has 1 aliphatic heterocycles. The topological polar surface area (TPSA) is 55.8 Å². The molecule has 120 valence electrons. The highest BCUT2D eigenvalue weighted by Crippen LogP contribution is 2.30. The number of rotatable bonds is 3. The van der Waals surface area contributed by atoms with Crippen molar-refractivity contribution in [1.29, 1.82) is 0 Å². The third-order valence-corrected chi connectivity index (χ3v) is 4.24. The van der Waals surface area contributed by atoms with E-state index >= 15 is 0 Å². The van der Waals surface area contributed by atoms with E-state index in [-0.39, 0.29) is 5.97 Å². The molecule has 0 bridgehead atoms. The van der Waals surface area contributed by atoms with Crippen molar-refractivity contribution in [1.82, 2.24) is 0 Å². The van der Waals surface area contributed by atoms with Crippen LogP contribution in [-0.4, -0.2) is 38.7 Å². The maximum Gasteiger partial charge on any atom is 0.329 e. The summed E-state index contributed by atoms with van der Waals surface area (Å²) in [7, 11) is 2.68. The summed E-state index contributed by atoms with van der Waals surface area (Å²) in [6, 6.07) is 6.55. The fourth-order valence-electron chi connectivity index (χ4n) is 2.89. The van der Waals surface area contributed by atoms with Crippen molar-refractivity contribution in [3.05, 3.63) is 29.3 Å². The summed E-state index contributed by atoms with van der Waals surface area (Å²) in [5, 5.41) is 0.623. The lowest BCUT2D eigenvalue weighted by Gasteiger charge is -2.33. The molecule has 6 heteroatoms. The maximum atomic E-state index is 12.3. The van der Waals surface area contributed by atoms with Crippen molar-refractivity contribution in [2.75, 3.05) is 25.7 Å². The van der Waals surface area contributed by atoms with Crippen LogP contribution in [0.5, 0.6) is 0 Å². The predicted molar refractivity (Wildman–Crippen MR) is 84.0 cm³/mol. The van der Waals surface area contributed by atoms with Gasteiger partial charge in [0.1, 0.15) is 6.04 Å². The molecule has 0 aromatic heterocycles. The van der Waals surface area contributed by atoms with Gasteiger partial charge in [-0.15, -0.1) is 0 Å². The highest BCUT2D eigenvalue weighted by atomic mass is 35.5. The molecule has 1 aromatic carbocycles. The van der Waals surface area contributed by atoms with Gasteiger partial charge in [0, 0.05) is 17.3 Å². The number of esters is 2. The van der Waals surface area contributed by atoms with Gasteiger partial charge in [-0.2, -0.15) is 0 Å². The fourth-order valence-corrected chi connectivity index (χ4v) is 3.02. The maximum absolute atomic E-state index is 12.3.